The summed E-state index contributed by atoms with van der Waals surface area (Å²) in [6.07, 6.45) is 9.35. The van der Waals surface area contributed by atoms with Crippen molar-refractivity contribution in [2.45, 2.75) is 44.6 Å². The van der Waals surface area contributed by atoms with E-state index in [1.165, 1.54) is 25.7 Å². The number of amides is 1. The lowest BCUT2D eigenvalue weighted by atomic mass is 10.0. The number of nitrogens with two attached hydrogens (primary N) is 1. The molecule has 3 nitrogen and oxygen atoms in total. The first-order valence-electron chi connectivity index (χ1n) is 6.26. The summed E-state index contributed by atoms with van der Waals surface area (Å²) in [6, 6.07) is -0.323. The Morgan fingerprint density at radius 2 is 2.12 bits per heavy atom. The molecule has 0 aromatic carbocycles. The van der Waals surface area contributed by atoms with Crippen molar-refractivity contribution >= 4 is 30.1 Å². The number of halogens is 1. The van der Waals surface area contributed by atoms with Gasteiger partial charge < -0.3 is 11.1 Å². The molecule has 0 bridgehead atoms. The molecule has 0 radical (unpaired) electrons. The van der Waals surface area contributed by atoms with Crippen LogP contribution in [-0.2, 0) is 4.79 Å². The Kier molecular flexibility index (Phi) is 10.1. The Morgan fingerprint density at radius 1 is 1.47 bits per heavy atom. The van der Waals surface area contributed by atoms with Crippen molar-refractivity contribution < 1.29 is 4.79 Å². The molecule has 0 heterocycles. The van der Waals surface area contributed by atoms with E-state index in [9.17, 15) is 4.79 Å². The number of carbonyl (C=O) groups is 1. The second kappa shape index (κ2) is 10.0. The quantitative estimate of drug-likeness (QED) is 0.752. The zero-order chi connectivity index (χ0) is 11.8. The van der Waals surface area contributed by atoms with Crippen LogP contribution in [0.2, 0.25) is 0 Å². The molecule has 1 rings (SSSR count). The van der Waals surface area contributed by atoms with Gasteiger partial charge in [0.1, 0.15) is 0 Å². The van der Waals surface area contributed by atoms with Gasteiger partial charge in [-0.05, 0) is 30.8 Å². The fraction of sp³-hybridized carbons (Fsp3) is 0.917. The molecule has 5 heteroatoms. The summed E-state index contributed by atoms with van der Waals surface area (Å²) in [5.74, 6) is 1.81. The first kappa shape index (κ1) is 17.1. The van der Waals surface area contributed by atoms with Crippen molar-refractivity contribution in [2.75, 3.05) is 18.6 Å². The highest BCUT2D eigenvalue weighted by molar-refractivity contribution is 7.98. The Balaban J connectivity index is 0.00000256. The molecule has 102 valence electrons. The molecule has 0 spiro atoms. The molecule has 1 fully saturated rings. The van der Waals surface area contributed by atoms with Gasteiger partial charge in [0.15, 0.2) is 0 Å². The van der Waals surface area contributed by atoms with Crippen molar-refractivity contribution in [1.29, 1.82) is 0 Å². The molecule has 3 N–H and O–H groups in total. The highest BCUT2D eigenvalue weighted by Crippen LogP contribution is 2.26. The van der Waals surface area contributed by atoms with E-state index in [1.54, 1.807) is 11.8 Å². The van der Waals surface area contributed by atoms with E-state index in [2.05, 4.69) is 5.32 Å². The summed E-state index contributed by atoms with van der Waals surface area (Å²) in [5, 5.41) is 2.95. The van der Waals surface area contributed by atoms with Gasteiger partial charge in [0.2, 0.25) is 5.91 Å². The fourth-order valence-electron chi connectivity index (χ4n) is 2.21. The van der Waals surface area contributed by atoms with Gasteiger partial charge in [-0.1, -0.05) is 25.7 Å². The Hall–Kier alpha value is 0.0700. The molecular weight excluding hydrogens is 256 g/mol. The molecule has 0 aliphatic heterocycles. The van der Waals surface area contributed by atoms with Crippen LogP contribution in [0.1, 0.15) is 38.5 Å². The molecule has 1 amide bonds. The standard InChI is InChI=1S/C12H24N2OS.ClH/c1-16-9-7-11(13)12(15)14-8-6-10-4-2-3-5-10;/h10-11H,2-9,13H2,1H3,(H,14,15);1H/t11-;/m0./s1. The summed E-state index contributed by atoms with van der Waals surface area (Å²) in [6.45, 7) is 0.802. The van der Waals surface area contributed by atoms with E-state index in [1.807, 2.05) is 6.26 Å². The monoisotopic (exact) mass is 280 g/mol. The van der Waals surface area contributed by atoms with Crippen LogP contribution in [0.15, 0.2) is 0 Å². The summed E-state index contributed by atoms with van der Waals surface area (Å²) >= 11 is 1.73. The van der Waals surface area contributed by atoms with Gasteiger partial charge in [0.25, 0.3) is 0 Å². The minimum absolute atomic E-state index is 0. The van der Waals surface area contributed by atoms with Gasteiger partial charge in [0, 0.05) is 6.54 Å². The lowest BCUT2D eigenvalue weighted by molar-refractivity contribution is -0.122. The normalized spacial score (nSPS) is 17.5. The zero-order valence-corrected chi connectivity index (χ0v) is 12.2. The van der Waals surface area contributed by atoms with Crippen LogP contribution in [0.5, 0.6) is 0 Å². The van der Waals surface area contributed by atoms with Crippen LogP contribution in [0.3, 0.4) is 0 Å². The van der Waals surface area contributed by atoms with Crippen LogP contribution in [-0.4, -0.2) is 30.5 Å². The maximum atomic E-state index is 11.6. The number of hydrogen-bond acceptors (Lipinski definition) is 3. The van der Waals surface area contributed by atoms with Crippen molar-refractivity contribution in [2.24, 2.45) is 11.7 Å². The van der Waals surface area contributed by atoms with Gasteiger partial charge in [0.05, 0.1) is 6.04 Å². The Morgan fingerprint density at radius 3 is 2.71 bits per heavy atom. The second-order valence-electron chi connectivity index (χ2n) is 4.62. The summed E-state index contributed by atoms with van der Waals surface area (Å²) in [7, 11) is 0. The number of carbonyl (C=O) groups excluding carboxylic acids is 1. The average molecular weight is 281 g/mol. The van der Waals surface area contributed by atoms with E-state index >= 15 is 0 Å². The highest BCUT2D eigenvalue weighted by atomic mass is 35.5. The number of hydrogen-bond donors (Lipinski definition) is 2. The molecule has 17 heavy (non-hydrogen) atoms. The second-order valence-corrected chi connectivity index (χ2v) is 5.60. The molecule has 0 saturated heterocycles. The fourth-order valence-corrected chi connectivity index (χ4v) is 2.70. The van der Waals surface area contributed by atoms with Gasteiger partial charge in [-0.3, -0.25) is 4.79 Å². The maximum absolute atomic E-state index is 11.6. The van der Waals surface area contributed by atoms with E-state index in [0.29, 0.717) is 0 Å². The third kappa shape index (κ3) is 7.17. The summed E-state index contributed by atoms with van der Waals surface area (Å²) < 4.78 is 0. The van der Waals surface area contributed by atoms with E-state index in [0.717, 1.165) is 31.1 Å². The SMILES string of the molecule is CSCC[C@H](N)C(=O)NCCC1CCCC1.Cl. The Bertz CT molecular complexity index is 211. The summed E-state index contributed by atoms with van der Waals surface area (Å²) in [5.41, 5.74) is 5.77. The maximum Gasteiger partial charge on any atom is 0.236 e. The minimum atomic E-state index is -0.323. The zero-order valence-electron chi connectivity index (χ0n) is 10.6. The van der Waals surface area contributed by atoms with Crippen LogP contribution in [0.25, 0.3) is 0 Å². The van der Waals surface area contributed by atoms with E-state index in [4.69, 9.17) is 5.73 Å². The van der Waals surface area contributed by atoms with Crippen LogP contribution < -0.4 is 11.1 Å². The van der Waals surface area contributed by atoms with Crippen LogP contribution in [0.4, 0.5) is 0 Å². The lowest BCUT2D eigenvalue weighted by Crippen LogP contribution is -2.41. The molecule has 0 aromatic rings. The largest absolute Gasteiger partial charge is 0.355 e. The number of nitrogens with one attached hydrogen (secondary N) is 1. The van der Waals surface area contributed by atoms with Crippen LogP contribution in [0, 0.1) is 5.92 Å². The lowest BCUT2D eigenvalue weighted by Gasteiger charge is -2.13. The van der Waals surface area contributed by atoms with Gasteiger partial charge in [-0.15, -0.1) is 12.4 Å². The van der Waals surface area contributed by atoms with E-state index < -0.39 is 0 Å². The van der Waals surface area contributed by atoms with Crippen molar-refractivity contribution in [3.05, 3.63) is 0 Å². The van der Waals surface area contributed by atoms with Crippen molar-refractivity contribution in [1.82, 2.24) is 5.32 Å². The Labute approximate surface area is 115 Å². The number of thioether (sulfide) groups is 1. The van der Waals surface area contributed by atoms with Crippen LogP contribution >= 0.6 is 24.2 Å². The third-order valence-corrected chi connectivity index (χ3v) is 3.94. The topological polar surface area (TPSA) is 55.1 Å². The first-order valence-corrected chi connectivity index (χ1v) is 7.65. The van der Waals surface area contributed by atoms with E-state index in [-0.39, 0.29) is 24.4 Å². The van der Waals surface area contributed by atoms with Crippen molar-refractivity contribution in [3.8, 4) is 0 Å². The average Bonchev–Trinajstić information content (AvgIpc) is 2.78. The van der Waals surface area contributed by atoms with Gasteiger partial charge in [-0.25, -0.2) is 0 Å². The van der Waals surface area contributed by atoms with Crippen molar-refractivity contribution in [3.63, 3.8) is 0 Å². The van der Waals surface area contributed by atoms with Gasteiger partial charge >= 0.3 is 0 Å². The minimum Gasteiger partial charge on any atom is -0.355 e. The predicted molar refractivity (Wildman–Crippen MR) is 77.8 cm³/mol. The summed E-state index contributed by atoms with van der Waals surface area (Å²) in [4.78, 5) is 11.6. The third-order valence-electron chi connectivity index (χ3n) is 3.30. The number of rotatable bonds is 7. The molecule has 0 aromatic heterocycles. The molecule has 1 aliphatic rings. The smallest absolute Gasteiger partial charge is 0.236 e. The first-order chi connectivity index (χ1) is 7.74. The predicted octanol–water partition coefficient (Wildman–Crippen LogP) is 2.19. The molecular formula is C12H25ClN2OS. The van der Waals surface area contributed by atoms with Gasteiger partial charge in [-0.2, -0.15) is 11.8 Å². The highest BCUT2D eigenvalue weighted by Gasteiger charge is 2.16. The molecule has 1 saturated carbocycles. The molecule has 0 unspecified atom stereocenters. The molecule has 1 aliphatic carbocycles. The molecule has 1 atom stereocenters.